The molecule has 2 atom stereocenters. The van der Waals surface area contributed by atoms with Gasteiger partial charge in [-0.15, -0.1) is 0 Å². The Balaban J connectivity index is 2.08. The van der Waals surface area contributed by atoms with E-state index in [1.807, 2.05) is 0 Å². The van der Waals surface area contributed by atoms with Crippen LogP contribution in [0.2, 0.25) is 0 Å². The number of hydrogen-bond donors (Lipinski definition) is 1. The van der Waals surface area contributed by atoms with Crippen LogP contribution in [0.15, 0.2) is 11.9 Å². The maximum atomic E-state index is 6.42. The zero-order valence-electron chi connectivity index (χ0n) is 14.2. The summed E-state index contributed by atoms with van der Waals surface area (Å²) >= 11 is 0. The predicted molar refractivity (Wildman–Crippen MR) is 86.0 cm³/mol. The van der Waals surface area contributed by atoms with Crippen molar-refractivity contribution in [3.05, 3.63) is 11.9 Å². The summed E-state index contributed by atoms with van der Waals surface area (Å²) in [6.07, 6.45) is 6.00. The molecule has 0 aromatic heterocycles. The lowest BCUT2D eigenvalue weighted by molar-refractivity contribution is 0.138. The predicted octanol–water partition coefficient (Wildman–Crippen LogP) is 3.23. The monoisotopic (exact) mass is 279 g/mol. The number of nitrogens with zero attached hydrogens (tertiary/aromatic N) is 2. The molecule has 3 nitrogen and oxygen atoms in total. The third kappa shape index (κ3) is 3.49. The standard InChI is InChI=1S/C17H33N3/c1-16(2,3)11-20-12-19(6)10-14(20)13-7-8-17(4,5)15(18)9-13/h10,13,15H,7-9,11-12,18H2,1-6H3. The van der Waals surface area contributed by atoms with Crippen molar-refractivity contribution in [2.45, 2.75) is 59.9 Å². The minimum absolute atomic E-state index is 0.302. The van der Waals surface area contributed by atoms with Gasteiger partial charge in [-0.25, -0.2) is 0 Å². The Morgan fingerprint density at radius 3 is 2.55 bits per heavy atom. The molecule has 1 heterocycles. The third-order valence-electron chi connectivity index (χ3n) is 4.87. The van der Waals surface area contributed by atoms with Crippen LogP contribution >= 0.6 is 0 Å². The first-order valence-electron chi connectivity index (χ1n) is 8.01. The van der Waals surface area contributed by atoms with E-state index in [9.17, 15) is 0 Å². The Morgan fingerprint density at radius 2 is 2.00 bits per heavy atom. The van der Waals surface area contributed by atoms with Crippen molar-refractivity contribution in [3.63, 3.8) is 0 Å². The van der Waals surface area contributed by atoms with Gasteiger partial charge in [-0.05, 0) is 30.1 Å². The molecule has 0 amide bonds. The van der Waals surface area contributed by atoms with Gasteiger partial charge in [0.2, 0.25) is 0 Å². The van der Waals surface area contributed by atoms with Crippen LogP contribution in [-0.2, 0) is 0 Å². The Hall–Kier alpha value is -0.700. The molecule has 0 spiro atoms. The molecule has 1 aliphatic heterocycles. The van der Waals surface area contributed by atoms with E-state index < -0.39 is 0 Å². The highest BCUT2D eigenvalue weighted by Gasteiger charge is 2.38. The molecular formula is C17H33N3. The largest absolute Gasteiger partial charge is 0.361 e. The first-order valence-corrected chi connectivity index (χ1v) is 8.01. The SMILES string of the molecule is CN1C=C(C2CCC(C)(C)C(N)C2)N(CC(C)(C)C)C1. The second-order valence-electron chi connectivity index (χ2n) is 8.78. The molecule has 0 aromatic rings. The van der Waals surface area contributed by atoms with Gasteiger partial charge in [-0.3, -0.25) is 0 Å². The van der Waals surface area contributed by atoms with Crippen molar-refractivity contribution >= 4 is 0 Å². The van der Waals surface area contributed by atoms with E-state index in [0.717, 1.165) is 19.6 Å². The van der Waals surface area contributed by atoms with Crippen LogP contribution in [0.4, 0.5) is 0 Å². The molecule has 0 aromatic carbocycles. The minimum atomic E-state index is 0.302. The lowest BCUT2D eigenvalue weighted by atomic mass is 9.69. The van der Waals surface area contributed by atoms with Crippen molar-refractivity contribution in [1.82, 2.24) is 9.80 Å². The quantitative estimate of drug-likeness (QED) is 0.842. The molecule has 1 saturated carbocycles. The molecule has 2 unspecified atom stereocenters. The minimum Gasteiger partial charge on any atom is -0.361 e. The number of rotatable bonds is 2. The molecule has 20 heavy (non-hydrogen) atoms. The molecule has 2 N–H and O–H groups in total. The number of allylic oxidation sites excluding steroid dienone is 1. The second-order valence-corrected chi connectivity index (χ2v) is 8.78. The summed E-state index contributed by atoms with van der Waals surface area (Å²) in [5.74, 6) is 0.644. The van der Waals surface area contributed by atoms with Gasteiger partial charge in [0.1, 0.15) is 0 Å². The highest BCUT2D eigenvalue weighted by atomic mass is 15.3. The fourth-order valence-electron chi connectivity index (χ4n) is 3.52. The van der Waals surface area contributed by atoms with Gasteiger partial charge in [0, 0.05) is 37.4 Å². The molecule has 0 saturated heterocycles. The second kappa shape index (κ2) is 5.25. The zero-order valence-corrected chi connectivity index (χ0v) is 14.2. The van der Waals surface area contributed by atoms with Crippen LogP contribution in [0.25, 0.3) is 0 Å². The van der Waals surface area contributed by atoms with Crippen LogP contribution in [0, 0.1) is 16.7 Å². The van der Waals surface area contributed by atoms with Crippen LogP contribution in [0.5, 0.6) is 0 Å². The van der Waals surface area contributed by atoms with Crippen LogP contribution < -0.4 is 5.73 Å². The lowest BCUT2D eigenvalue weighted by Crippen LogP contribution is -2.44. The molecule has 116 valence electrons. The van der Waals surface area contributed by atoms with E-state index in [1.165, 1.54) is 18.5 Å². The molecule has 3 heteroatoms. The van der Waals surface area contributed by atoms with Crippen molar-refractivity contribution < 1.29 is 0 Å². The Bertz CT molecular complexity index is 378. The van der Waals surface area contributed by atoms with E-state index in [4.69, 9.17) is 5.73 Å². The fourth-order valence-corrected chi connectivity index (χ4v) is 3.52. The van der Waals surface area contributed by atoms with Gasteiger partial charge in [-0.2, -0.15) is 0 Å². The maximum absolute atomic E-state index is 6.42. The third-order valence-corrected chi connectivity index (χ3v) is 4.87. The average molecular weight is 279 g/mol. The summed E-state index contributed by atoms with van der Waals surface area (Å²) in [7, 11) is 2.18. The van der Waals surface area contributed by atoms with Gasteiger partial charge in [0.25, 0.3) is 0 Å². The highest BCUT2D eigenvalue weighted by molar-refractivity contribution is 5.13. The summed E-state index contributed by atoms with van der Waals surface area (Å²) in [5, 5.41) is 0. The van der Waals surface area contributed by atoms with Gasteiger partial charge in [-0.1, -0.05) is 34.6 Å². The van der Waals surface area contributed by atoms with Crippen LogP contribution in [0.1, 0.15) is 53.9 Å². The Kier molecular flexibility index (Phi) is 4.12. The molecule has 1 fully saturated rings. The first-order chi connectivity index (χ1) is 9.08. The van der Waals surface area contributed by atoms with Crippen molar-refractivity contribution in [3.8, 4) is 0 Å². The summed E-state index contributed by atoms with van der Waals surface area (Å²) in [6.45, 7) is 13.7. The highest BCUT2D eigenvalue weighted by Crippen LogP contribution is 2.42. The van der Waals surface area contributed by atoms with Crippen molar-refractivity contribution in [2.75, 3.05) is 20.3 Å². The first kappa shape index (κ1) is 15.7. The zero-order chi connectivity index (χ0) is 15.1. The summed E-state index contributed by atoms with van der Waals surface area (Å²) < 4.78 is 0. The summed E-state index contributed by atoms with van der Waals surface area (Å²) in [6, 6.07) is 0.324. The summed E-state index contributed by atoms with van der Waals surface area (Å²) in [5.41, 5.74) is 8.58. The molecule has 0 bridgehead atoms. The molecule has 2 aliphatic rings. The number of hydrogen-bond acceptors (Lipinski definition) is 3. The number of nitrogens with two attached hydrogens (primary N) is 1. The van der Waals surface area contributed by atoms with Crippen molar-refractivity contribution in [2.24, 2.45) is 22.5 Å². The van der Waals surface area contributed by atoms with E-state index in [2.05, 4.69) is 57.7 Å². The van der Waals surface area contributed by atoms with E-state index in [0.29, 0.717) is 22.8 Å². The Labute approximate surface area is 125 Å². The van der Waals surface area contributed by atoms with Crippen LogP contribution in [-0.4, -0.2) is 36.1 Å². The van der Waals surface area contributed by atoms with Gasteiger partial charge in [0.15, 0.2) is 0 Å². The topological polar surface area (TPSA) is 32.5 Å². The lowest BCUT2D eigenvalue weighted by Gasteiger charge is -2.42. The smallest absolute Gasteiger partial charge is 0.0893 e. The van der Waals surface area contributed by atoms with Crippen molar-refractivity contribution in [1.29, 1.82) is 0 Å². The maximum Gasteiger partial charge on any atom is 0.0893 e. The van der Waals surface area contributed by atoms with E-state index in [-0.39, 0.29) is 0 Å². The summed E-state index contributed by atoms with van der Waals surface area (Å²) in [4.78, 5) is 4.88. The molecule has 1 aliphatic carbocycles. The van der Waals surface area contributed by atoms with Crippen LogP contribution in [0.3, 0.4) is 0 Å². The van der Waals surface area contributed by atoms with Gasteiger partial charge in [0.05, 0.1) is 6.67 Å². The van der Waals surface area contributed by atoms with E-state index >= 15 is 0 Å². The average Bonchev–Trinajstić information content (AvgIpc) is 2.61. The fraction of sp³-hybridized carbons (Fsp3) is 0.882. The molecular weight excluding hydrogens is 246 g/mol. The molecule has 2 rings (SSSR count). The normalized spacial score (nSPS) is 30.6. The Morgan fingerprint density at radius 1 is 1.35 bits per heavy atom. The van der Waals surface area contributed by atoms with Gasteiger partial charge >= 0.3 is 0 Å². The van der Waals surface area contributed by atoms with Gasteiger partial charge < -0.3 is 15.5 Å². The molecule has 0 radical (unpaired) electrons. The van der Waals surface area contributed by atoms with E-state index in [1.54, 1.807) is 0 Å².